The van der Waals surface area contributed by atoms with Gasteiger partial charge < -0.3 is 9.88 Å². The van der Waals surface area contributed by atoms with E-state index in [0.29, 0.717) is 22.8 Å². The number of pyridine rings is 1. The topological polar surface area (TPSA) is 51.1 Å². The van der Waals surface area contributed by atoms with E-state index in [1.165, 1.54) is 12.1 Å². The van der Waals surface area contributed by atoms with E-state index in [4.69, 9.17) is 11.6 Å². The number of amides is 1. The van der Waals surface area contributed by atoms with Crippen LogP contribution in [0, 0.1) is 6.92 Å². The quantitative estimate of drug-likeness (QED) is 0.506. The van der Waals surface area contributed by atoms with Crippen LogP contribution in [0.5, 0.6) is 0 Å². The normalized spacial score (nSPS) is 10.8. The number of rotatable bonds is 4. The summed E-state index contributed by atoms with van der Waals surface area (Å²) in [5.41, 5.74) is 2.83. The lowest BCUT2D eigenvalue weighted by atomic mass is 10.0. The summed E-state index contributed by atoms with van der Waals surface area (Å²) in [5, 5.41) is 5.62. The Labute approximate surface area is 173 Å². The fraction of sp³-hybridized carbons (Fsp3) is 0.0833. The summed E-state index contributed by atoms with van der Waals surface area (Å²) in [5.74, 6) is -0.290. The fourth-order valence-electron chi connectivity index (χ4n) is 3.33. The Morgan fingerprint density at radius 3 is 2.66 bits per heavy atom. The zero-order valence-electron chi connectivity index (χ0n) is 15.9. The predicted molar refractivity (Wildman–Crippen MR) is 118 cm³/mol. The second-order valence-corrected chi connectivity index (χ2v) is 7.37. The zero-order valence-corrected chi connectivity index (χ0v) is 16.6. The summed E-state index contributed by atoms with van der Waals surface area (Å²) in [6.07, 6.45) is 1.60. The van der Waals surface area contributed by atoms with E-state index in [-0.39, 0.29) is 11.5 Å². The molecule has 1 aromatic heterocycles. The first-order chi connectivity index (χ1) is 14.0. The van der Waals surface area contributed by atoms with Gasteiger partial charge in [0.25, 0.3) is 11.5 Å². The summed E-state index contributed by atoms with van der Waals surface area (Å²) in [4.78, 5) is 25.1. The Morgan fingerprint density at radius 2 is 1.79 bits per heavy atom. The highest BCUT2D eigenvalue weighted by Crippen LogP contribution is 2.21. The minimum Gasteiger partial charge on any atom is -0.322 e. The van der Waals surface area contributed by atoms with Crippen molar-refractivity contribution in [3.8, 4) is 0 Å². The summed E-state index contributed by atoms with van der Waals surface area (Å²) in [6, 6.07) is 22.3. The van der Waals surface area contributed by atoms with Crippen molar-refractivity contribution in [2.75, 3.05) is 5.32 Å². The highest BCUT2D eigenvalue weighted by molar-refractivity contribution is 6.31. The molecule has 0 bridgehead atoms. The highest BCUT2D eigenvalue weighted by atomic mass is 35.5. The van der Waals surface area contributed by atoms with Gasteiger partial charge in [-0.05, 0) is 47.0 Å². The number of halogens is 1. The van der Waals surface area contributed by atoms with Crippen LogP contribution in [0.25, 0.3) is 10.8 Å². The molecule has 0 atom stereocenters. The standard InChI is InChI=1S/C24H19ClN2O2/c1-16-9-11-20(25)13-22(16)26-24(29)19-10-12-23(28)27(15-19)14-18-7-4-6-17-5-2-3-8-21(17)18/h2-13,15H,14H2,1H3,(H,26,29). The number of hydrogen-bond donors (Lipinski definition) is 1. The van der Waals surface area contributed by atoms with E-state index in [1.54, 1.807) is 22.9 Å². The van der Waals surface area contributed by atoms with Gasteiger partial charge in [0.15, 0.2) is 0 Å². The molecule has 4 nitrogen and oxygen atoms in total. The van der Waals surface area contributed by atoms with Crippen molar-refractivity contribution >= 4 is 34.0 Å². The van der Waals surface area contributed by atoms with Crippen LogP contribution in [0.1, 0.15) is 21.5 Å². The second-order valence-electron chi connectivity index (χ2n) is 6.94. The molecule has 4 aromatic rings. The third-order valence-electron chi connectivity index (χ3n) is 4.91. The van der Waals surface area contributed by atoms with E-state index in [9.17, 15) is 9.59 Å². The molecule has 5 heteroatoms. The first-order valence-corrected chi connectivity index (χ1v) is 9.64. The molecule has 0 unspecified atom stereocenters. The number of carbonyl (C=O) groups excluding carboxylic acids is 1. The molecule has 0 aliphatic heterocycles. The predicted octanol–water partition coefficient (Wildman–Crippen LogP) is 5.26. The van der Waals surface area contributed by atoms with Crippen molar-refractivity contribution in [1.29, 1.82) is 0 Å². The third kappa shape index (κ3) is 4.08. The van der Waals surface area contributed by atoms with Crippen LogP contribution in [0.2, 0.25) is 5.02 Å². The molecule has 3 aromatic carbocycles. The number of fused-ring (bicyclic) bond motifs is 1. The van der Waals surface area contributed by atoms with Crippen LogP contribution < -0.4 is 10.9 Å². The van der Waals surface area contributed by atoms with Gasteiger partial charge in [-0.2, -0.15) is 0 Å². The molecule has 0 saturated heterocycles. The van der Waals surface area contributed by atoms with Gasteiger partial charge in [-0.1, -0.05) is 60.1 Å². The Balaban J connectivity index is 1.64. The maximum atomic E-state index is 12.7. The highest BCUT2D eigenvalue weighted by Gasteiger charge is 2.11. The molecular weight excluding hydrogens is 384 g/mol. The number of carbonyl (C=O) groups is 1. The van der Waals surface area contributed by atoms with Gasteiger partial charge in [0.05, 0.1) is 12.1 Å². The lowest BCUT2D eigenvalue weighted by Crippen LogP contribution is -2.22. The minimum atomic E-state index is -0.290. The molecule has 4 rings (SSSR count). The van der Waals surface area contributed by atoms with Gasteiger partial charge in [-0.25, -0.2) is 0 Å². The van der Waals surface area contributed by atoms with E-state index < -0.39 is 0 Å². The Hall–Kier alpha value is -3.37. The fourth-order valence-corrected chi connectivity index (χ4v) is 3.50. The summed E-state index contributed by atoms with van der Waals surface area (Å²) in [7, 11) is 0. The van der Waals surface area contributed by atoms with Gasteiger partial charge >= 0.3 is 0 Å². The van der Waals surface area contributed by atoms with Crippen molar-refractivity contribution in [3.05, 3.63) is 111 Å². The molecule has 1 heterocycles. The van der Waals surface area contributed by atoms with Crippen LogP contribution >= 0.6 is 11.6 Å². The van der Waals surface area contributed by atoms with Crippen molar-refractivity contribution in [1.82, 2.24) is 4.57 Å². The van der Waals surface area contributed by atoms with Gasteiger partial charge in [0, 0.05) is 23.0 Å². The van der Waals surface area contributed by atoms with Crippen LogP contribution in [-0.4, -0.2) is 10.5 Å². The molecule has 0 spiro atoms. The molecule has 0 aliphatic rings. The molecule has 1 amide bonds. The number of nitrogens with one attached hydrogen (secondary N) is 1. The summed E-state index contributed by atoms with van der Waals surface area (Å²) < 4.78 is 1.56. The van der Waals surface area contributed by atoms with Gasteiger partial charge in [-0.3, -0.25) is 9.59 Å². The first kappa shape index (κ1) is 19.0. The van der Waals surface area contributed by atoms with Gasteiger partial charge in [0.1, 0.15) is 0 Å². The molecular formula is C24H19ClN2O2. The molecule has 144 valence electrons. The van der Waals surface area contributed by atoms with Crippen molar-refractivity contribution in [3.63, 3.8) is 0 Å². The number of aryl methyl sites for hydroxylation is 1. The Kier molecular flexibility index (Phi) is 5.19. The number of benzene rings is 3. The number of nitrogens with zero attached hydrogens (tertiary/aromatic N) is 1. The van der Waals surface area contributed by atoms with E-state index in [2.05, 4.69) is 5.32 Å². The molecule has 0 saturated carbocycles. The average Bonchev–Trinajstić information content (AvgIpc) is 2.72. The zero-order chi connectivity index (χ0) is 20.4. The Bertz CT molecular complexity index is 1270. The maximum absolute atomic E-state index is 12.7. The van der Waals surface area contributed by atoms with E-state index in [1.807, 2.05) is 55.5 Å². The lowest BCUT2D eigenvalue weighted by Gasteiger charge is -2.12. The molecule has 0 fully saturated rings. The monoisotopic (exact) mass is 402 g/mol. The van der Waals surface area contributed by atoms with Crippen LogP contribution in [0.4, 0.5) is 5.69 Å². The molecule has 1 N–H and O–H groups in total. The number of hydrogen-bond acceptors (Lipinski definition) is 2. The molecule has 0 aliphatic carbocycles. The van der Waals surface area contributed by atoms with Crippen molar-refractivity contribution < 1.29 is 4.79 Å². The molecule has 29 heavy (non-hydrogen) atoms. The van der Waals surface area contributed by atoms with Crippen molar-refractivity contribution in [2.45, 2.75) is 13.5 Å². The number of aromatic nitrogens is 1. The number of anilines is 1. The first-order valence-electron chi connectivity index (χ1n) is 9.26. The second kappa shape index (κ2) is 7.94. The van der Waals surface area contributed by atoms with E-state index in [0.717, 1.165) is 21.9 Å². The minimum absolute atomic E-state index is 0.159. The van der Waals surface area contributed by atoms with E-state index >= 15 is 0 Å². The SMILES string of the molecule is Cc1ccc(Cl)cc1NC(=O)c1ccc(=O)n(Cc2cccc3ccccc23)c1. The van der Waals surface area contributed by atoms with Gasteiger partial charge in [-0.15, -0.1) is 0 Å². The van der Waals surface area contributed by atoms with Crippen molar-refractivity contribution in [2.24, 2.45) is 0 Å². The Morgan fingerprint density at radius 1 is 1.00 bits per heavy atom. The largest absolute Gasteiger partial charge is 0.322 e. The summed E-state index contributed by atoms with van der Waals surface area (Å²) >= 11 is 6.03. The lowest BCUT2D eigenvalue weighted by molar-refractivity contribution is 0.102. The maximum Gasteiger partial charge on any atom is 0.257 e. The average molecular weight is 403 g/mol. The summed E-state index contributed by atoms with van der Waals surface area (Å²) in [6.45, 7) is 2.28. The van der Waals surface area contributed by atoms with Crippen LogP contribution in [-0.2, 0) is 6.54 Å². The van der Waals surface area contributed by atoms with Crippen LogP contribution in [0.15, 0.2) is 83.8 Å². The molecule has 0 radical (unpaired) electrons. The smallest absolute Gasteiger partial charge is 0.257 e. The third-order valence-corrected chi connectivity index (χ3v) is 5.15. The van der Waals surface area contributed by atoms with Crippen LogP contribution in [0.3, 0.4) is 0 Å². The van der Waals surface area contributed by atoms with Gasteiger partial charge in [0.2, 0.25) is 0 Å².